The fourth-order valence-corrected chi connectivity index (χ4v) is 6.73. The van der Waals surface area contributed by atoms with Crippen molar-refractivity contribution in [2.75, 3.05) is 0 Å². The van der Waals surface area contributed by atoms with Crippen LogP contribution in [-0.2, 0) is 5.41 Å². The van der Waals surface area contributed by atoms with E-state index >= 15 is 0 Å². The highest BCUT2D eigenvalue weighted by atomic mass is 16.3. The van der Waals surface area contributed by atoms with Gasteiger partial charge in [0.25, 0.3) is 0 Å². The van der Waals surface area contributed by atoms with Crippen molar-refractivity contribution in [3.05, 3.63) is 149 Å². The van der Waals surface area contributed by atoms with Crippen molar-refractivity contribution >= 4 is 27.6 Å². The van der Waals surface area contributed by atoms with Crippen molar-refractivity contribution in [2.24, 2.45) is 0 Å². The first-order valence-electron chi connectivity index (χ1n) is 14.0. The fourth-order valence-electron chi connectivity index (χ4n) is 6.73. The van der Waals surface area contributed by atoms with Crippen LogP contribution in [0.25, 0.3) is 38.8 Å². The predicted octanol–water partition coefficient (Wildman–Crippen LogP) is 8.87. The van der Waals surface area contributed by atoms with Crippen molar-refractivity contribution in [3.8, 4) is 11.1 Å². The first-order chi connectivity index (χ1) is 19.6. The van der Waals surface area contributed by atoms with E-state index in [2.05, 4.69) is 140 Å². The highest BCUT2D eigenvalue weighted by Gasteiger charge is 2.39. The van der Waals surface area contributed by atoms with Crippen LogP contribution in [0.4, 0.5) is 0 Å². The van der Waals surface area contributed by atoms with Crippen molar-refractivity contribution in [1.29, 1.82) is 0 Å². The molecule has 2 heterocycles. The maximum atomic E-state index is 6.50. The molecule has 1 aliphatic carbocycles. The molecule has 0 fully saturated rings. The normalized spacial score (nSPS) is 19.2. The number of fused-ring (bicyclic) bond motifs is 7. The Morgan fingerprint density at radius 1 is 0.675 bits per heavy atom. The Labute approximate surface area is 234 Å². The highest BCUT2D eigenvalue weighted by Crippen LogP contribution is 2.53. The summed E-state index contributed by atoms with van der Waals surface area (Å²) in [5, 5.41) is 10.0. The summed E-state index contributed by atoms with van der Waals surface area (Å²) >= 11 is 0. The lowest BCUT2D eigenvalue weighted by molar-refractivity contribution is 0.442. The molecule has 6 aromatic rings. The maximum absolute atomic E-state index is 6.50. The zero-order chi connectivity index (χ0) is 26.8. The first kappa shape index (κ1) is 23.3. The van der Waals surface area contributed by atoms with Gasteiger partial charge in [0.15, 0.2) is 0 Å². The number of para-hydroxylation sites is 1. The Morgan fingerprint density at radius 2 is 1.40 bits per heavy atom. The predicted molar refractivity (Wildman–Crippen MR) is 164 cm³/mol. The van der Waals surface area contributed by atoms with Crippen LogP contribution in [0.15, 0.2) is 126 Å². The Hall–Kier alpha value is -4.60. The second kappa shape index (κ2) is 8.70. The van der Waals surface area contributed by atoms with Gasteiger partial charge in [0, 0.05) is 27.4 Å². The van der Waals surface area contributed by atoms with Crippen LogP contribution in [0, 0.1) is 0 Å². The van der Waals surface area contributed by atoms with Gasteiger partial charge in [-0.05, 0) is 51.6 Å². The average Bonchev–Trinajstić information content (AvgIpc) is 3.50. The molecule has 2 atom stereocenters. The number of furan rings is 1. The number of benzene rings is 5. The van der Waals surface area contributed by atoms with Gasteiger partial charge in [0.1, 0.15) is 17.3 Å². The van der Waals surface area contributed by atoms with Gasteiger partial charge in [0.2, 0.25) is 0 Å². The van der Waals surface area contributed by atoms with Gasteiger partial charge < -0.3 is 9.73 Å². The topological polar surface area (TPSA) is 37.2 Å². The maximum Gasteiger partial charge on any atom is 0.140 e. The van der Waals surface area contributed by atoms with Crippen molar-refractivity contribution in [3.63, 3.8) is 0 Å². The summed E-state index contributed by atoms with van der Waals surface area (Å²) in [6, 6.07) is 41.2. The molecule has 3 heteroatoms. The molecule has 2 unspecified atom stereocenters. The van der Waals surface area contributed by atoms with Crippen LogP contribution >= 0.6 is 0 Å². The van der Waals surface area contributed by atoms with Gasteiger partial charge in [-0.3, -0.25) is 5.32 Å². The third-order valence-corrected chi connectivity index (χ3v) is 8.74. The molecule has 2 N–H and O–H groups in total. The molecule has 3 nitrogen and oxygen atoms in total. The first-order valence-corrected chi connectivity index (χ1v) is 14.0. The molecule has 0 saturated carbocycles. The van der Waals surface area contributed by atoms with E-state index in [0.29, 0.717) is 0 Å². The lowest BCUT2D eigenvalue weighted by atomic mass is 9.81. The van der Waals surface area contributed by atoms with Gasteiger partial charge in [-0.1, -0.05) is 117 Å². The van der Waals surface area contributed by atoms with E-state index in [1.165, 1.54) is 49.7 Å². The second-order valence-corrected chi connectivity index (χ2v) is 11.5. The van der Waals surface area contributed by atoms with Crippen molar-refractivity contribution < 1.29 is 4.42 Å². The fraction of sp³-hybridized carbons (Fsp3) is 0.135. The van der Waals surface area contributed by atoms with E-state index in [1.807, 2.05) is 6.07 Å². The van der Waals surface area contributed by atoms with E-state index in [0.717, 1.165) is 16.9 Å². The molecule has 40 heavy (non-hydrogen) atoms. The van der Waals surface area contributed by atoms with Crippen LogP contribution in [-0.4, -0.2) is 0 Å². The van der Waals surface area contributed by atoms with E-state index in [-0.39, 0.29) is 17.6 Å². The lowest BCUT2D eigenvalue weighted by Crippen LogP contribution is -2.39. The standard InChI is InChI=1S/C37H30N2O/c1-37(2)30-21-25(17-18-26(30)28-19-20-29-27-15-9-10-16-33(27)40-35(29)34(28)37)36-38-31(23-11-5-3-6-12-23)22-32(39-36)24-13-7-4-8-14-24/h3-22,31,36,38-39H,1-2H3. The number of nitrogens with one attached hydrogen (secondary N) is 2. The Bertz CT molecular complexity index is 1930. The van der Waals surface area contributed by atoms with Crippen LogP contribution < -0.4 is 10.6 Å². The minimum Gasteiger partial charge on any atom is -0.456 e. The molecule has 2 aliphatic rings. The average molecular weight is 519 g/mol. The molecule has 5 aromatic carbocycles. The zero-order valence-electron chi connectivity index (χ0n) is 22.6. The number of rotatable bonds is 3. The van der Waals surface area contributed by atoms with E-state index < -0.39 is 0 Å². The molecule has 0 amide bonds. The Kier molecular flexibility index (Phi) is 5.07. The summed E-state index contributed by atoms with van der Waals surface area (Å²) < 4.78 is 6.50. The van der Waals surface area contributed by atoms with Gasteiger partial charge in [-0.2, -0.15) is 0 Å². The molecule has 0 bridgehead atoms. The van der Waals surface area contributed by atoms with Gasteiger partial charge in [-0.15, -0.1) is 0 Å². The highest BCUT2D eigenvalue weighted by molar-refractivity contribution is 6.09. The van der Waals surface area contributed by atoms with E-state index in [1.54, 1.807) is 0 Å². The largest absolute Gasteiger partial charge is 0.456 e. The van der Waals surface area contributed by atoms with Crippen molar-refractivity contribution in [2.45, 2.75) is 31.5 Å². The molecule has 1 aromatic heterocycles. The van der Waals surface area contributed by atoms with Gasteiger partial charge in [0.05, 0.1) is 6.04 Å². The second-order valence-electron chi connectivity index (χ2n) is 11.5. The van der Waals surface area contributed by atoms with Crippen LogP contribution in [0.3, 0.4) is 0 Å². The summed E-state index contributed by atoms with van der Waals surface area (Å²) in [6.07, 6.45) is 2.26. The summed E-state index contributed by atoms with van der Waals surface area (Å²) in [6.45, 7) is 4.66. The third-order valence-electron chi connectivity index (χ3n) is 8.74. The Morgan fingerprint density at radius 3 is 2.23 bits per heavy atom. The number of hydrogen-bond donors (Lipinski definition) is 2. The van der Waals surface area contributed by atoms with Gasteiger partial charge >= 0.3 is 0 Å². The molecular formula is C37H30N2O. The monoisotopic (exact) mass is 518 g/mol. The smallest absolute Gasteiger partial charge is 0.140 e. The molecule has 1 aliphatic heterocycles. The van der Waals surface area contributed by atoms with E-state index in [9.17, 15) is 0 Å². The molecule has 0 spiro atoms. The molecular weight excluding hydrogens is 488 g/mol. The van der Waals surface area contributed by atoms with Crippen LogP contribution in [0.1, 0.15) is 53.9 Å². The van der Waals surface area contributed by atoms with Crippen LogP contribution in [0.5, 0.6) is 0 Å². The molecule has 0 radical (unpaired) electrons. The molecule has 8 rings (SSSR count). The van der Waals surface area contributed by atoms with Crippen LogP contribution in [0.2, 0.25) is 0 Å². The van der Waals surface area contributed by atoms with Gasteiger partial charge in [-0.25, -0.2) is 0 Å². The van der Waals surface area contributed by atoms with E-state index in [4.69, 9.17) is 4.42 Å². The lowest BCUT2D eigenvalue weighted by Gasteiger charge is -2.34. The summed E-state index contributed by atoms with van der Waals surface area (Å²) in [5.74, 6) is 0. The summed E-state index contributed by atoms with van der Waals surface area (Å²) in [7, 11) is 0. The quantitative estimate of drug-likeness (QED) is 0.246. The number of hydrogen-bond acceptors (Lipinski definition) is 3. The molecule has 194 valence electrons. The van der Waals surface area contributed by atoms with Crippen molar-refractivity contribution in [1.82, 2.24) is 10.6 Å². The zero-order valence-corrected chi connectivity index (χ0v) is 22.6. The summed E-state index contributed by atoms with van der Waals surface area (Å²) in [5.41, 5.74) is 11.8. The Balaban J connectivity index is 1.23. The minimum atomic E-state index is -0.195. The third kappa shape index (κ3) is 3.48. The molecule has 0 saturated heterocycles. The summed E-state index contributed by atoms with van der Waals surface area (Å²) in [4.78, 5) is 0. The minimum absolute atomic E-state index is 0.0403. The SMILES string of the molecule is CC1(C)c2cc(C3NC(c4ccccc4)=CC(c4ccccc4)N3)ccc2-c2ccc3c(oc4ccccc43)c21.